The van der Waals surface area contributed by atoms with E-state index in [1.165, 1.54) is 31.5 Å². The molecule has 0 spiro atoms. The number of hydrogen-bond acceptors (Lipinski definition) is 3. The molecule has 0 amide bonds. The van der Waals surface area contributed by atoms with E-state index in [0.717, 1.165) is 25.3 Å². The Morgan fingerprint density at radius 3 is 2.79 bits per heavy atom. The first-order valence-corrected chi connectivity index (χ1v) is 7.41. The fraction of sp³-hybridized carbons (Fsp3) is 0.625. The van der Waals surface area contributed by atoms with Gasteiger partial charge in [0.1, 0.15) is 5.75 Å². The summed E-state index contributed by atoms with van der Waals surface area (Å²) >= 11 is 0. The van der Waals surface area contributed by atoms with E-state index < -0.39 is 0 Å². The van der Waals surface area contributed by atoms with Crippen LogP contribution in [0.15, 0.2) is 24.3 Å². The standard InChI is InChI=1S/C16H26N2O/c1-13(11-14-4-6-16(19)7-5-14)18-10-2-3-15(12-18)8-9-17/h4-7,13,15,19H,2-3,8-12,17H2,1H3. The molecule has 1 heterocycles. The maximum Gasteiger partial charge on any atom is 0.115 e. The molecule has 2 atom stereocenters. The molecule has 3 heteroatoms. The normalized spacial score (nSPS) is 22.3. The Bertz CT molecular complexity index is 375. The quantitative estimate of drug-likeness (QED) is 0.856. The Hall–Kier alpha value is -1.06. The number of piperidine rings is 1. The Morgan fingerprint density at radius 2 is 2.11 bits per heavy atom. The molecule has 1 saturated heterocycles. The highest BCUT2D eigenvalue weighted by Crippen LogP contribution is 2.22. The van der Waals surface area contributed by atoms with Crippen LogP contribution in [0.3, 0.4) is 0 Å². The molecule has 2 unspecified atom stereocenters. The Kier molecular flexibility index (Phi) is 5.23. The smallest absolute Gasteiger partial charge is 0.115 e. The van der Waals surface area contributed by atoms with E-state index in [1.54, 1.807) is 12.1 Å². The first-order chi connectivity index (χ1) is 9.19. The topological polar surface area (TPSA) is 49.5 Å². The van der Waals surface area contributed by atoms with Crippen molar-refractivity contribution >= 4 is 0 Å². The summed E-state index contributed by atoms with van der Waals surface area (Å²) in [7, 11) is 0. The van der Waals surface area contributed by atoms with Crippen LogP contribution in [0.4, 0.5) is 0 Å². The van der Waals surface area contributed by atoms with Crippen molar-refractivity contribution in [3.63, 3.8) is 0 Å². The summed E-state index contributed by atoms with van der Waals surface area (Å²) in [5.74, 6) is 1.12. The summed E-state index contributed by atoms with van der Waals surface area (Å²) in [5.41, 5.74) is 6.97. The van der Waals surface area contributed by atoms with Gasteiger partial charge in [0.15, 0.2) is 0 Å². The lowest BCUT2D eigenvalue weighted by atomic mass is 9.93. The predicted molar refractivity (Wildman–Crippen MR) is 79.2 cm³/mol. The Labute approximate surface area is 116 Å². The van der Waals surface area contributed by atoms with Crippen LogP contribution in [0.1, 0.15) is 31.7 Å². The van der Waals surface area contributed by atoms with Crippen molar-refractivity contribution < 1.29 is 5.11 Å². The van der Waals surface area contributed by atoms with Crippen molar-refractivity contribution in [2.75, 3.05) is 19.6 Å². The molecule has 0 aliphatic carbocycles. The summed E-state index contributed by atoms with van der Waals surface area (Å²) in [6.45, 7) is 5.51. The fourth-order valence-corrected chi connectivity index (χ4v) is 3.07. The third-order valence-corrected chi connectivity index (χ3v) is 4.22. The monoisotopic (exact) mass is 262 g/mol. The molecule has 1 aromatic carbocycles. The van der Waals surface area contributed by atoms with Gasteiger partial charge >= 0.3 is 0 Å². The number of nitrogens with zero attached hydrogens (tertiary/aromatic N) is 1. The summed E-state index contributed by atoms with van der Waals surface area (Å²) in [6, 6.07) is 8.15. The first kappa shape index (κ1) is 14.4. The molecule has 19 heavy (non-hydrogen) atoms. The van der Waals surface area contributed by atoms with Crippen LogP contribution in [-0.4, -0.2) is 35.7 Å². The van der Waals surface area contributed by atoms with Crippen molar-refractivity contribution in [2.45, 2.75) is 38.6 Å². The van der Waals surface area contributed by atoms with Crippen molar-refractivity contribution in [3.8, 4) is 5.75 Å². The van der Waals surface area contributed by atoms with Gasteiger partial charge in [0.25, 0.3) is 0 Å². The van der Waals surface area contributed by atoms with Gasteiger partial charge in [-0.25, -0.2) is 0 Å². The minimum absolute atomic E-state index is 0.345. The fourth-order valence-electron chi connectivity index (χ4n) is 3.07. The first-order valence-electron chi connectivity index (χ1n) is 7.41. The maximum atomic E-state index is 9.31. The average molecular weight is 262 g/mol. The zero-order valence-electron chi connectivity index (χ0n) is 11.9. The van der Waals surface area contributed by atoms with Gasteiger partial charge in [-0.1, -0.05) is 12.1 Å². The molecule has 0 radical (unpaired) electrons. The summed E-state index contributed by atoms with van der Waals surface area (Å²) in [5, 5.41) is 9.31. The largest absolute Gasteiger partial charge is 0.508 e. The number of rotatable bonds is 5. The molecule has 0 bridgehead atoms. The molecule has 1 aliphatic rings. The van der Waals surface area contributed by atoms with E-state index >= 15 is 0 Å². The van der Waals surface area contributed by atoms with Crippen LogP contribution < -0.4 is 5.73 Å². The van der Waals surface area contributed by atoms with Gasteiger partial charge in [-0.15, -0.1) is 0 Å². The van der Waals surface area contributed by atoms with Crippen molar-refractivity contribution in [1.29, 1.82) is 0 Å². The number of nitrogens with two attached hydrogens (primary N) is 1. The highest BCUT2D eigenvalue weighted by atomic mass is 16.3. The molecule has 1 fully saturated rings. The molecule has 3 nitrogen and oxygen atoms in total. The number of phenols is 1. The maximum absolute atomic E-state index is 9.31. The molecule has 1 aliphatic heterocycles. The number of aromatic hydroxyl groups is 1. The number of benzene rings is 1. The molecule has 0 aromatic heterocycles. The lowest BCUT2D eigenvalue weighted by molar-refractivity contribution is 0.127. The van der Waals surface area contributed by atoms with E-state index in [4.69, 9.17) is 5.73 Å². The summed E-state index contributed by atoms with van der Waals surface area (Å²) in [4.78, 5) is 2.59. The number of phenolic OH excluding ortho intramolecular Hbond substituents is 1. The molecular formula is C16H26N2O. The molecule has 106 valence electrons. The Balaban J connectivity index is 1.88. The number of likely N-dealkylation sites (tertiary alicyclic amines) is 1. The van der Waals surface area contributed by atoms with Crippen molar-refractivity contribution in [1.82, 2.24) is 4.90 Å². The van der Waals surface area contributed by atoms with Crippen molar-refractivity contribution in [3.05, 3.63) is 29.8 Å². The molecule has 3 N–H and O–H groups in total. The van der Waals surface area contributed by atoms with Crippen LogP contribution in [0, 0.1) is 5.92 Å². The SMILES string of the molecule is CC(Cc1ccc(O)cc1)N1CCCC(CCN)C1. The second-order valence-electron chi connectivity index (χ2n) is 5.80. The third-order valence-electron chi connectivity index (χ3n) is 4.22. The van der Waals surface area contributed by atoms with Crippen LogP contribution >= 0.6 is 0 Å². The van der Waals surface area contributed by atoms with Crippen LogP contribution in [0.5, 0.6) is 5.75 Å². The second kappa shape index (κ2) is 6.92. The number of hydrogen-bond donors (Lipinski definition) is 2. The summed E-state index contributed by atoms with van der Waals surface area (Å²) < 4.78 is 0. The van der Waals surface area contributed by atoms with E-state index in [0.29, 0.717) is 11.8 Å². The highest BCUT2D eigenvalue weighted by molar-refractivity contribution is 5.26. The molecule has 2 rings (SSSR count). The molecular weight excluding hydrogens is 236 g/mol. The van der Waals surface area contributed by atoms with E-state index in [9.17, 15) is 5.11 Å². The van der Waals surface area contributed by atoms with Gasteiger partial charge in [-0.2, -0.15) is 0 Å². The minimum Gasteiger partial charge on any atom is -0.508 e. The lowest BCUT2D eigenvalue weighted by Crippen LogP contribution is -2.42. The zero-order chi connectivity index (χ0) is 13.7. The van der Waals surface area contributed by atoms with E-state index in [-0.39, 0.29) is 0 Å². The lowest BCUT2D eigenvalue weighted by Gasteiger charge is -2.37. The minimum atomic E-state index is 0.345. The Morgan fingerprint density at radius 1 is 1.37 bits per heavy atom. The average Bonchev–Trinajstić information content (AvgIpc) is 2.42. The molecule has 0 saturated carbocycles. The van der Waals surface area contributed by atoms with Gasteiger partial charge in [0.05, 0.1) is 0 Å². The van der Waals surface area contributed by atoms with E-state index in [2.05, 4.69) is 11.8 Å². The van der Waals surface area contributed by atoms with Gasteiger partial charge < -0.3 is 15.7 Å². The van der Waals surface area contributed by atoms with Crippen LogP contribution in [0.25, 0.3) is 0 Å². The van der Waals surface area contributed by atoms with Gasteiger partial charge in [-0.05, 0) is 69.3 Å². The van der Waals surface area contributed by atoms with E-state index in [1.807, 2.05) is 12.1 Å². The summed E-state index contributed by atoms with van der Waals surface area (Å²) in [6.07, 6.45) is 4.84. The van der Waals surface area contributed by atoms with Crippen LogP contribution in [0.2, 0.25) is 0 Å². The highest BCUT2D eigenvalue weighted by Gasteiger charge is 2.23. The van der Waals surface area contributed by atoms with Gasteiger partial charge in [0.2, 0.25) is 0 Å². The van der Waals surface area contributed by atoms with Crippen LogP contribution in [-0.2, 0) is 6.42 Å². The molecule has 1 aromatic rings. The van der Waals surface area contributed by atoms with Gasteiger partial charge in [-0.3, -0.25) is 0 Å². The van der Waals surface area contributed by atoms with Gasteiger partial charge in [0, 0.05) is 12.6 Å². The second-order valence-corrected chi connectivity index (χ2v) is 5.80. The van der Waals surface area contributed by atoms with Crippen molar-refractivity contribution in [2.24, 2.45) is 11.7 Å². The predicted octanol–water partition coefficient (Wildman–Crippen LogP) is 2.38. The third kappa shape index (κ3) is 4.22. The zero-order valence-corrected chi connectivity index (χ0v) is 11.9.